The third-order valence-corrected chi connectivity index (χ3v) is 7.60. The maximum atomic E-state index is 13.5. The number of benzene rings is 4. The van der Waals surface area contributed by atoms with Gasteiger partial charge in [0, 0.05) is 5.92 Å². The van der Waals surface area contributed by atoms with E-state index >= 15 is 0 Å². The van der Waals surface area contributed by atoms with Crippen LogP contribution in [0.3, 0.4) is 0 Å². The predicted molar refractivity (Wildman–Crippen MR) is 161 cm³/mol. The van der Waals surface area contributed by atoms with Crippen LogP contribution in [0.25, 0.3) is 21.7 Å². The van der Waals surface area contributed by atoms with Gasteiger partial charge in [0.2, 0.25) is 0 Å². The van der Waals surface area contributed by atoms with Crippen molar-refractivity contribution in [2.45, 2.75) is 51.6 Å². The highest BCUT2D eigenvalue weighted by Crippen LogP contribution is 2.32. The Morgan fingerprint density at radius 1 is 0.875 bits per heavy atom. The molecular formula is C34H33N3O3. The van der Waals surface area contributed by atoms with Crippen molar-refractivity contribution in [3.63, 3.8) is 0 Å². The Bertz CT molecular complexity index is 1730. The molecule has 0 unspecified atom stereocenters. The molecule has 1 heterocycles. The van der Waals surface area contributed by atoms with Gasteiger partial charge in [0.1, 0.15) is 12.4 Å². The standard InChI is InChI=1S/C34H33N3O3/c1-2-39-32-21-24(19-20-31(32)40-23-27-15-10-14-25-11-6-7-16-28(25)27)22-35-37-33(26-12-4-3-5-13-26)36-30-18-9-8-17-29(30)34(37)38/h6-11,14-22,26H,2-5,12-13,23H2,1H3. The lowest BCUT2D eigenvalue weighted by Crippen LogP contribution is -2.25. The average Bonchev–Trinajstić information content (AvgIpc) is 3.00. The third-order valence-electron chi connectivity index (χ3n) is 7.60. The van der Waals surface area contributed by atoms with Crippen molar-refractivity contribution in [1.29, 1.82) is 0 Å². The molecule has 6 heteroatoms. The zero-order valence-corrected chi connectivity index (χ0v) is 22.8. The van der Waals surface area contributed by atoms with Gasteiger partial charge < -0.3 is 9.47 Å². The molecular weight excluding hydrogens is 498 g/mol. The molecule has 0 amide bonds. The predicted octanol–water partition coefficient (Wildman–Crippen LogP) is 7.46. The summed E-state index contributed by atoms with van der Waals surface area (Å²) >= 11 is 0. The summed E-state index contributed by atoms with van der Waals surface area (Å²) < 4.78 is 13.7. The topological polar surface area (TPSA) is 65.7 Å². The quantitative estimate of drug-likeness (QED) is 0.195. The highest BCUT2D eigenvalue weighted by molar-refractivity contribution is 5.85. The maximum Gasteiger partial charge on any atom is 0.282 e. The number of para-hydroxylation sites is 1. The maximum absolute atomic E-state index is 13.5. The Labute approximate surface area is 233 Å². The summed E-state index contributed by atoms with van der Waals surface area (Å²) in [6, 6.07) is 27.8. The molecule has 0 aliphatic heterocycles. The number of nitrogens with zero attached hydrogens (tertiary/aromatic N) is 3. The van der Waals surface area contributed by atoms with Gasteiger partial charge in [-0.25, -0.2) is 4.98 Å². The minimum Gasteiger partial charge on any atom is -0.490 e. The fraction of sp³-hybridized carbons (Fsp3) is 0.265. The number of fused-ring (bicyclic) bond motifs is 2. The molecule has 0 radical (unpaired) electrons. The third kappa shape index (κ3) is 5.34. The molecule has 6 nitrogen and oxygen atoms in total. The Morgan fingerprint density at radius 3 is 2.50 bits per heavy atom. The SMILES string of the molecule is CCOc1cc(C=Nn2c(C3CCCCC3)nc3ccccc3c2=O)ccc1OCc1cccc2ccccc12. The van der Waals surface area contributed by atoms with E-state index in [0.29, 0.717) is 30.1 Å². The first kappa shape index (κ1) is 25.8. The highest BCUT2D eigenvalue weighted by Gasteiger charge is 2.22. The number of hydrogen-bond donors (Lipinski definition) is 0. The van der Waals surface area contributed by atoms with E-state index in [1.54, 1.807) is 6.21 Å². The molecule has 0 bridgehead atoms. The first-order valence-electron chi connectivity index (χ1n) is 14.1. The van der Waals surface area contributed by atoms with Gasteiger partial charge in [0.15, 0.2) is 11.5 Å². The van der Waals surface area contributed by atoms with Gasteiger partial charge in [-0.3, -0.25) is 4.79 Å². The van der Waals surface area contributed by atoms with E-state index in [1.165, 1.54) is 21.9 Å². The lowest BCUT2D eigenvalue weighted by atomic mass is 9.88. The van der Waals surface area contributed by atoms with E-state index < -0.39 is 0 Å². The van der Waals surface area contributed by atoms with Crippen LogP contribution in [-0.2, 0) is 6.61 Å². The van der Waals surface area contributed by atoms with Gasteiger partial charge in [0.25, 0.3) is 5.56 Å². The number of ether oxygens (including phenoxy) is 2. The Morgan fingerprint density at radius 2 is 1.65 bits per heavy atom. The Hall–Kier alpha value is -4.45. The molecule has 1 fully saturated rings. The van der Waals surface area contributed by atoms with Crippen LogP contribution < -0.4 is 15.0 Å². The minimum atomic E-state index is -0.137. The van der Waals surface area contributed by atoms with Gasteiger partial charge >= 0.3 is 0 Å². The second-order valence-electron chi connectivity index (χ2n) is 10.2. The Kier molecular flexibility index (Phi) is 7.58. The molecule has 4 aromatic carbocycles. The van der Waals surface area contributed by atoms with Crippen LogP contribution in [0.2, 0.25) is 0 Å². The molecule has 0 spiro atoms. The van der Waals surface area contributed by atoms with Crippen molar-refractivity contribution in [3.05, 3.63) is 112 Å². The number of hydrogen-bond acceptors (Lipinski definition) is 5. The van der Waals surface area contributed by atoms with Crippen molar-refractivity contribution in [3.8, 4) is 11.5 Å². The second kappa shape index (κ2) is 11.7. The van der Waals surface area contributed by atoms with Crippen molar-refractivity contribution in [2.75, 3.05) is 6.61 Å². The van der Waals surface area contributed by atoms with Gasteiger partial charge in [0.05, 0.1) is 23.7 Å². The van der Waals surface area contributed by atoms with Gasteiger partial charge in [-0.1, -0.05) is 73.9 Å². The van der Waals surface area contributed by atoms with E-state index in [4.69, 9.17) is 14.5 Å². The molecule has 0 atom stereocenters. The van der Waals surface area contributed by atoms with Crippen LogP contribution in [0.4, 0.5) is 0 Å². The van der Waals surface area contributed by atoms with Gasteiger partial charge in [-0.05, 0) is 72.0 Å². The van der Waals surface area contributed by atoms with E-state index in [2.05, 4.69) is 35.4 Å². The van der Waals surface area contributed by atoms with E-state index in [0.717, 1.165) is 48.2 Å². The van der Waals surface area contributed by atoms with Crippen molar-refractivity contribution < 1.29 is 9.47 Å². The lowest BCUT2D eigenvalue weighted by molar-refractivity contribution is 0.270. The van der Waals surface area contributed by atoms with Crippen molar-refractivity contribution in [2.24, 2.45) is 5.10 Å². The molecule has 0 saturated heterocycles. The zero-order valence-electron chi connectivity index (χ0n) is 22.8. The summed E-state index contributed by atoms with van der Waals surface area (Å²) in [5.41, 5.74) is 2.52. The van der Waals surface area contributed by atoms with E-state index in [9.17, 15) is 4.79 Å². The zero-order chi connectivity index (χ0) is 27.3. The van der Waals surface area contributed by atoms with Crippen molar-refractivity contribution in [1.82, 2.24) is 9.66 Å². The number of aromatic nitrogens is 2. The summed E-state index contributed by atoms with van der Waals surface area (Å²) in [7, 11) is 0. The summed E-state index contributed by atoms with van der Waals surface area (Å²) in [6.07, 6.45) is 7.28. The van der Waals surface area contributed by atoms with E-state index in [-0.39, 0.29) is 11.5 Å². The molecule has 1 saturated carbocycles. The summed E-state index contributed by atoms with van der Waals surface area (Å²) in [5, 5.41) is 7.62. The molecule has 0 N–H and O–H groups in total. The highest BCUT2D eigenvalue weighted by atomic mass is 16.5. The van der Waals surface area contributed by atoms with Crippen LogP contribution in [-0.4, -0.2) is 22.5 Å². The molecule has 202 valence electrons. The molecule has 1 aromatic heterocycles. The monoisotopic (exact) mass is 531 g/mol. The van der Waals surface area contributed by atoms with Crippen LogP contribution in [0.15, 0.2) is 94.8 Å². The minimum absolute atomic E-state index is 0.137. The largest absolute Gasteiger partial charge is 0.490 e. The number of rotatable bonds is 8. The molecule has 5 aromatic rings. The van der Waals surface area contributed by atoms with Gasteiger partial charge in [-0.15, -0.1) is 0 Å². The summed E-state index contributed by atoms with van der Waals surface area (Å²) in [6.45, 7) is 2.88. The Balaban J connectivity index is 1.30. The molecule has 1 aliphatic rings. The summed E-state index contributed by atoms with van der Waals surface area (Å²) in [5.74, 6) is 2.29. The van der Waals surface area contributed by atoms with Crippen LogP contribution in [0, 0.1) is 0 Å². The smallest absolute Gasteiger partial charge is 0.282 e. The van der Waals surface area contributed by atoms with Crippen LogP contribution in [0.5, 0.6) is 11.5 Å². The molecule has 6 rings (SSSR count). The van der Waals surface area contributed by atoms with Crippen molar-refractivity contribution >= 4 is 27.9 Å². The fourth-order valence-corrected chi connectivity index (χ4v) is 5.57. The first-order valence-corrected chi connectivity index (χ1v) is 14.1. The first-order chi connectivity index (χ1) is 19.7. The van der Waals surface area contributed by atoms with E-state index in [1.807, 2.05) is 61.5 Å². The second-order valence-corrected chi connectivity index (χ2v) is 10.2. The van der Waals surface area contributed by atoms with Gasteiger partial charge in [-0.2, -0.15) is 9.78 Å². The molecule has 40 heavy (non-hydrogen) atoms. The average molecular weight is 532 g/mol. The normalized spacial score (nSPS) is 14.2. The molecule has 1 aliphatic carbocycles. The fourth-order valence-electron chi connectivity index (χ4n) is 5.57. The van der Waals surface area contributed by atoms with Crippen LogP contribution >= 0.6 is 0 Å². The lowest BCUT2D eigenvalue weighted by Gasteiger charge is -2.22. The summed E-state index contributed by atoms with van der Waals surface area (Å²) in [4.78, 5) is 18.4. The van der Waals surface area contributed by atoms with Crippen LogP contribution in [0.1, 0.15) is 61.9 Å².